The summed E-state index contributed by atoms with van der Waals surface area (Å²) in [5.41, 5.74) is 7.48. The van der Waals surface area contributed by atoms with Crippen molar-refractivity contribution < 1.29 is 0 Å². The van der Waals surface area contributed by atoms with E-state index in [1.165, 1.54) is 18.4 Å². The van der Waals surface area contributed by atoms with Crippen LogP contribution in [-0.4, -0.2) is 18.6 Å². The molecule has 2 heteroatoms. The molecule has 1 rings (SSSR count). The molecule has 0 aromatic heterocycles. The van der Waals surface area contributed by atoms with Gasteiger partial charge in [0, 0.05) is 12.1 Å². The average Bonchev–Trinajstić information content (AvgIpc) is 2.02. The topological polar surface area (TPSA) is 38.0 Å². The normalized spacial score (nSPS) is 30.1. The van der Waals surface area contributed by atoms with E-state index < -0.39 is 0 Å². The van der Waals surface area contributed by atoms with Crippen molar-refractivity contribution in [2.45, 2.75) is 38.6 Å². The van der Waals surface area contributed by atoms with E-state index in [0.717, 1.165) is 19.5 Å². The van der Waals surface area contributed by atoms with Gasteiger partial charge >= 0.3 is 0 Å². The molecule has 0 aliphatic heterocycles. The lowest BCUT2D eigenvalue weighted by molar-refractivity contribution is 0.448. The third-order valence-corrected chi connectivity index (χ3v) is 2.59. The predicted molar refractivity (Wildman–Crippen MR) is 53.1 cm³/mol. The van der Waals surface area contributed by atoms with Crippen LogP contribution in [0, 0.1) is 0 Å². The molecule has 1 aliphatic carbocycles. The van der Waals surface area contributed by atoms with Gasteiger partial charge in [-0.05, 0) is 38.3 Å². The molecule has 0 saturated carbocycles. The van der Waals surface area contributed by atoms with Gasteiger partial charge in [-0.25, -0.2) is 0 Å². The molecule has 0 heterocycles. The molecule has 1 unspecified atom stereocenters. The Bertz CT molecular complexity index is 171. The minimum absolute atomic E-state index is 0.0551. The molecule has 0 amide bonds. The smallest absolute Gasteiger partial charge is 0.0352 e. The van der Waals surface area contributed by atoms with Crippen LogP contribution in [-0.2, 0) is 0 Å². The van der Waals surface area contributed by atoms with Crippen molar-refractivity contribution in [3.63, 3.8) is 0 Å². The maximum Gasteiger partial charge on any atom is 0.0352 e. The summed E-state index contributed by atoms with van der Waals surface area (Å²) >= 11 is 0. The first-order valence-corrected chi connectivity index (χ1v) is 4.86. The van der Waals surface area contributed by atoms with Gasteiger partial charge in [0.15, 0.2) is 0 Å². The fraction of sp³-hybridized carbons (Fsp3) is 0.800. The van der Waals surface area contributed by atoms with Crippen molar-refractivity contribution in [3.05, 3.63) is 11.6 Å². The molecule has 3 N–H and O–H groups in total. The number of hydrogen-bond acceptors (Lipinski definition) is 2. The van der Waals surface area contributed by atoms with E-state index in [2.05, 4.69) is 25.2 Å². The summed E-state index contributed by atoms with van der Waals surface area (Å²) in [5.74, 6) is 0. The predicted octanol–water partition coefficient (Wildman–Crippen LogP) is 1.42. The largest absolute Gasteiger partial charge is 0.322 e. The summed E-state index contributed by atoms with van der Waals surface area (Å²) in [5, 5.41) is 3.33. The van der Waals surface area contributed by atoms with Crippen LogP contribution >= 0.6 is 0 Å². The molecular weight excluding hydrogens is 148 g/mol. The van der Waals surface area contributed by atoms with E-state index in [9.17, 15) is 0 Å². The molecule has 1 aliphatic rings. The second kappa shape index (κ2) is 4.06. The second-order valence-electron chi connectivity index (χ2n) is 3.82. The summed E-state index contributed by atoms with van der Waals surface area (Å²) in [4.78, 5) is 0. The van der Waals surface area contributed by atoms with E-state index in [1.807, 2.05) is 0 Å². The number of allylic oxidation sites excluding steroid dienone is 1. The van der Waals surface area contributed by atoms with Crippen LogP contribution < -0.4 is 11.1 Å². The first-order chi connectivity index (χ1) is 5.67. The molecule has 0 bridgehead atoms. The highest BCUT2D eigenvalue weighted by molar-refractivity contribution is 5.21. The number of rotatable bonds is 3. The van der Waals surface area contributed by atoms with Gasteiger partial charge in [0.2, 0.25) is 0 Å². The summed E-state index contributed by atoms with van der Waals surface area (Å²) < 4.78 is 0. The molecule has 2 nitrogen and oxygen atoms in total. The lowest BCUT2D eigenvalue weighted by Crippen LogP contribution is -2.43. The zero-order chi connectivity index (χ0) is 9.03. The highest BCUT2D eigenvalue weighted by Gasteiger charge is 2.25. The second-order valence-corrected chi connectivity index (χ2v) is 3.82. The lowest BCUT2D eigenvalue weighted by atomic mass is 9.82. The quantitative estimate of drug-likeness (QED) is 0.625. The summed E-state index contributed by atoms with van der Waals surface area (Å²) in [7, 11) is 0. The van der Waals surface area contributed by atoms with E-state index in [-0.39, 0.29) is 5.54 Å². The highest BCUT2D eigenvalue weighted by atomic mass is 14.9. The molecule has 0 fully saturated rings. The Kier molecular flexibility index (Phi) is 3.29. The highest BCUT2D eigenvalue weighted by Crippen LogP contribution is 2.25. The van der Waals surface area contributed by atoms with E-state index in [4.69, 9.17) is 5.73 Å². The molecule has 12 heavy (non-hydrogen) atoms. The fourth-order valence-corrected chi connectivity index (χ4v) is 1.67. The summed E-state index contributed by atoms with van der Waals surface area (Å²) in [6.45, 7) is 6.24. The molecule has 0 spiro atoms. The van der Waals surface area contributed by atoms with Gasteiger partial charge in [-0.3, -0.25) is 0 Å². The standard InChI is InChI=1S/C10H20N2/c1-3-12-8-9-6-4-5-7-10(9,2)11/h6,12H,3-5,7-8,11H2,1-2H3. The monoisotopic (exact) mass is 168 g/mol. The fourth-order valence-electron chi connectivity index (χ4n) is 1.67. The Balaban J connectivity index is 2.53. The lowest BCUT2D eigenvalue weighted by Gasteiger charge is -2.31. The van der Waals surface area contributed by atoms with Crippen molar-refractivity contribution in [1.29, 1.82) is 0 Å². The third-order valence-electron chi connectivity index (χ3n) is 2.59. The van der Waals surface area contributed by atoms with Crippen molar-refractivity contribution in [3.8, 4) is 0 Å². The van der Waals surface area contributed by atoms with Crippen molar-refractivity contribution in [2.75, 3.05) is 13.1 Å². The Morgan fingerprint density at radius 1 is 1.67 bits per heavy atom. The van der Waals surface area contributed by atoms with Crippen molar-refractivity contribution >= 4 is 0 Å². The Morgan fingerprint density at radius 2 is 2.42 bits per heavy atom. The minimum Gasteiger partial charge on any atom is -0.322 e. The number of likely N-dealkylation sites (N-methyl/N-ethyl adjacent to an activating group) is 1. The molecule has 0 radical (unpaired) electrons. The molecular formula is C10H20N2. The number of nitrogens with two attached hydrogens (primary N) is 1. The van der Waals surface area contributed by atoms with Gasteiger partial charge in [0.25, 0.3) is 0 Å². The van der Waals surface area contributed by atoms with Crippen LogP contribution in [0.4, 0.5) is 0 Å². The summed E-state index contributed by atoms with van der Waals surface area (Å²) in [6, 6.07) is 0. The summed E-state index contributed by atoms with van der Waals surface area (Å²) in [6.07, 6.45) is 5.87. The van der Waals surface area contributed by atoms with E-state index in [1.54, 1.807) is 0 Å². The third kappa shape index (κ3) is 2.32. The average molecular weight is 168 g/mol. The van der Waals surface area contributed by atoms with Gasteiger partial charge in [-0.15, -0.1) is 0 Å². The van der Waals surface area contributed by atoms with Crippen LogP contribution in [0.3, 0.4) is 0 Å². The first kappa shape index (κ1) is 9.75. The molecule has 0 saturated heterocycles. The Labute approximate surface area is 75.2 Å². The van der Waals surface area contributed by atoms with Crippen LogP contribution in [0.5, 0.6) is 0 Å². The molecule has 0 aromatic carbocycles. The minimum atomic E-state index is -0.0551. The zero-order valence-corrected chi connectivity index (χ0v) is 8.19. The van der Waals surface area contributed by atoms with Crippen LogP contribution in [0.1, 0.15) is 33.1 Å². The SMILES string of the molecule is CCNCC1=CCCCC1(C)N. The first-order valence-electron chi connectivity index (χ1n) is 4.86. The Morgan fingerprint density at radius 3 is 3.00 bits per heavy atom. The van der Waals surface area contributed by atoms with E-state index in [0.29, 0.717) is 0 Å². The molecule has 1 atom stereocenters. The van der Waals surface area contributed by atoms with Crippen LogP contribution in [0.15, 0.2) is 11.6 Å². The van der Waals surface area contributed by atoms with E-state index >= 15 is 0 Å². The maximum absolute atomic E-state index is 6.15. The van der Waals surface area contributed by atoms with Crippen LogP contribution in [0.2, 0.25) is 0 Å². The van der Waals surface area contributed by atoms with Gasteiger partial charge in [-0.1, -0.05) is 13.0 Å². The van der Waals surface area contributed by atoms with Crippen molar-refractivity contribution in [1.82, 2.24) is 5.32 Å². The van der Waals surface area contributed by atoms with Gasteiger partial charge in [0.05, 0.1) is 0 Å². The molecule has 70 valence electrons. The maximum atomic E-state index is 6.15. The number of hydrogen-bond donors (Lipinski definition) is 2. The zero-order valence-electron chi connectivity index (χ0n) is 8.19. The van der Waals surface area contributed by atoms with Gasteiger partial charge < -0.3 is 11.1 Å². The van der Waals surface area contributed by atoms with Gasteiger partial charge in [-0.2, -0.15) is 0 Å². The van der Waals surface area contributed by atoms with Gasteiger partial charge in [0.1, 0.15) is 0 Å². The van der Waals surface area contributed by atoms with Crippen molar-refractivity contribution in [2.24, 2.45) is 5.73 Å². The Hall–Kier alpha value is -0.340. The molecule has 0 aromatic rings. The number of nitrogens with one attached hydrogen (secondary N) is 1. The van der Waals surface area contributed by atoms with Crippen LogP contribution in [0.25, 0.3) is 0 Å².